The van der Waals surface area contributed by atoms with Crippen LogP contribution in [0.3, 0.4) is 0 Å². The van der Waals surface area contributed by atoms with Crippen molar-refractivity contribution in [2.75, 3.05) is 13.1 Å². The minimum atomic E-state index is -0.476. The van der Waals surface area contributed by atoms with Crippen molar-refractivity contribution < 1.29 is 9.53 Å². The Labute approximate surface area is 121 Å². The maximum absolute atomic E-state index is 11.6. The topological polar surface area (TPSA) is 50.4 Å². The molecule has 0 aromatic heterocycles. The average Bonchev–Trinajstić information content (AvgIpc) is 2.45. The normalized spacial score (nSPS) is 13.6. The van der Waals surface area contributed by atoms with Gasteiger partial charge in [0.15, 0.2) is 6.10 Å². The third kappa shape index (κ3) is 5.21. The van der Waals surface area contributed by atoms with Crippen LogP contribution < -0.4 is 15.4 Å². The highest BCUT2D eigenvalue weighted by Gasteiger charge is 2.13. The van der Waals surface area contributed by atoms with Crippen LogP contribution in [0.1, 0.15) is 45.7 Å². The van der Waals surface area contributed by atoms with E-state index < -0.39 is 6.10 Å². The van der Waals surface area contributed by atoms with Crippen molar-refractivity contribution >= 4 is 5.91 Å². The molecule has 0 saturated carbocycles. The molecule has 20 heavy (non-hydrogen) atoms. The van der Waals surface area contributed by atoms with E-state index in [0.717, 1.165) is 18.7 Å². The predicted octanol–water partition coefficient (Wildman–Crippen LogP) is 2.65. The number of amides is 1. The summed E-state index contributed by atoms with van der Waals surface area (Å²) in [5.41, 5.74) is 1.22. The van der Waals surface area contributed by atoms with Gasteiger partial charge in [-0.15, -0.1) is 0 Å². The van der Waals surface area contributed by atoms with E-state index in [1.54, 1.807) is 6.92 Å². The van der Waals surface area contributed by atoms with E-state index in [4.69, 9.17) is 4.74 Å². The lowest BCUT2D eigenvalue weighted by atomic mass is 10.1. The third-order valence-electron chi connectivity index (χ3n) is 3.11. The number of rotatable bonds is 8. The molecular weight excluding hydrogens is 252 g/mol. The Morgan fingerprint density at radius 1 is 1.20 bits per heavy atom. The summed E-state index contributed by atoms with van der Waals surface area (Å²) >= 11 is 0. The summed E-state index contributed by atoms with van der Waals surface area (Å²) in [7, 11) is 0. The van der Waals surface area contributed by atoms with Crippen LogP contribution >= 0.6 is 0 Å². The van der Waals surface area contributed by atoms with E-state index >= 15 is 0 Å². The molecule has 2 atom stereocenters. The number of hydrogen-bond donors (Lipinski definition) is 2. The summed E-state index contributed by atoms with van der Waals surface area (Å²) in [5, 5.41) is 6.18. The van der Waals surface area contributed by atoms with Crippen LogP contribution in [-0.4, -0.2) is 25.1 Å². The molecule has 1 amide bonds. The van der Waals surface area contributed by atoms with Crippen molar-refractivity contribution in [3.63, 3.8) is 0 Å². The van der Waals surface area contributed by atoms with Gasteiger partial charge in [-0.1, -0.05) is 19.1 Å². The Bertz CT molecular complexity index is 403. The van der Waals surface area contributed by atoms with Gasteiger partial charge in [0.05, 0.1) is 0 Å². The maximum Gasteiger partial charge on any atom is 0.260 e. The Morgan fingerprint density at radius 2 is 1.85 bits per heavy atom. The van der Waals surface area contributed by atoms with Crippen LogP contribution in [0.25, 0.3) is 0 Å². The Balaban J connectivity index is 2.55. The molecule has 0 radical (unpaired) electrons. The quantitative estimate of drug-likeness (QED) is 0.768. The summed E-state index contributed by atoms with van der Waals surface area (Å²) < 4.78 is 5.61. The second-order valence-electron chi connectivity index (χ2n) is 4.90. The lowest BCUT2D eigenvalue weighted by Gasteiger charge is -2.16. The van der Waals surface area contributed by atoms with Gasteiger partial charge in [0.1, 0.15) is 5.75 Å². The first-order valence-corrected chi connectivity index (χ1v) is 7.36. The van der Waals surface area contributed by atoms with Crippen LogP contribution in [0.5, 0.6) is 5.75 Å². The first-order chi connectivity index (χ1) is 9.58. The summed E-state index contributed by atoms with van der Waals surface area (Å²) in [6, 6.07) is 8.22. The van der Waals surface area contributed by atoms with E-state index in [1.165, 1.54) is 5.56 Å². The van der Waals surface area contributed by atoms with E-state index in [-0.39, 0.29) is 5.91 Å². The number of hydrogen-bond acceptors (Lipinski definition) is 3. The van der Waals surface area contributed by atoms with Crippen molar-refractivity contribution in [2.45, 2.75) is 46.3 Å². The Hall–Kier alpha value is -1.55. The molecule has 1 aromatic carbocycles. The van der Waals surface area contributed by atoms with Crippen molar-refractivity contribution in [1.82, 2.24) is 10.6 Å². The van der Waals surface area contributed by atoms with E-state index in [2.05, 4.69) is 24.5 Å². The van der Waals surface area contributed by atoms with Gasteiger partial charge < -0.3 is 15.4 Å². The zero-order chi connectivity index (χ0) is 15.0. The predicted molar refractivity (Wildman–Crippen MR) is 81.9 cm³/mol. The molecule has 0 aliphatic carbocycles. The third-order valence-corrected chi connectivity index (χ3v) is 3.11. The zero-order valence-electron chi connectivity index (χ0n) is 12.9. The number of likely N-dealkylation sites (N-methyl/N-ethyl adjacent to an activating group) is 1. The summed E-state index contributed by atoms with van der Waals surface area (Å²) in [6.45, 7) is 9.57. The number of carbonyl (C=O) groups excluding carboxylic acids is 1. The van der Waals surface area contributed by atoms with Crippen LogP contribution in [0.2, 0.25) is 0 Å². The van der Waals surface area contributed by atoms with Crippen LogP contribution in [0.15, 0.2) is 24.3 Å². The van der Waals surface area contributed by atoms with E-state index in [9.17, 15) is 4.79 Å². The van der Waals surface area contributed by atoms with Crippen molar-refractivity contribution in [3.8, 4) is 5.75 Å². The van der Waals surface area contributed by atoms with Crippen LogP contribution in [0, 0.1) is 0 Å². The SMILES string of the molecule is CCCNC(C)c1ccc(OC(C)C(=O)NCC)cc1. The van der Waals surface area contributed by atoms with Crippen LogP contribution in [0.4, 0.5) is 0 Å². The fourth-order valence-electron chi connectivity index (χ4n) is 1.89. The highest BCUT2D eigenvalue weighted by Crippen LogP contribution is 2.18. The minimum Gasteiger partial charge on any atom is -0.481 e. The molecule has 2 unspecified atom stereocenters. The fraction of sp³-hybridized carbons (Fsp3) is 0.562. The zero-order valence-corrected chi connectivity index (χ0v) is 12.9. The number of benzene rings is 1. The molecule has 0 bridgehead atoms. The largest absolute Gasteiger partial charge is 0.481 e. The van der Waals surface area contributed by atoms with Crippen LogP contribution in [-0.2, 0) is 4.79 Å². The molecule has 0 aliphatic heterocycles. The van der Waals surface area contributed by atoms with Gasteiger partial charge in [-0.2, -0.15) is 0 Å². The Kier molecular flexibility index (Phi) is 7.09. The standard InChI is InChI=1S/C16H26N2O2/c1-5-11-18-12(3)14-7-9-15(10-8-14)20-13(4)16(19)17-6-2/h7-10,12-13,18H,5-6,11H2,1-4H3,(H,17,19). The second-order valence-corrected chi connectivity index (χ2v) is 4.90. The van der Waals surface area contributed by atoms with Gasteiger partial charge >= 0.3 is 0 Å². The lowest BCUT2D eigenvalue weighted by Crippen LogP contribution is -2.36. The molecule has 0 fully saturated rings. The number of carbonyl (C=O) groups is 1. The molecule has 0 heterocycles. The average molecular weight is 278 g/mol. The summed E-state index contributed by atoms with van der Waals surface area (Å²) in [5.74, 6) is 0.629. The van der Waals surface area contributed by atoms with Crippen molar-refractivity contribution in [3.05, 3.63) is 29.8 Å². The number of nitrogens with one attached hydrogen (secondary N) is 2. The van der Waals surface area contributed by atoms with Gasteiger partial charge in [-0.3, -0.25) is 4.79 Å². The minimum absolute atomic E-state index is 0.0884. The molecule has 0 aliphatic rings. The van der Waals surface area contributed by atoms with Gasteiger partial charge in [0.25, 0.3) is 5.91 Å². The van der Waals surface area contributed by atoms with Gasteiger partial charge in [-0.25, -0.2) is 0 Å². The van der Waals surface area contributed by atoms with Gasteiger partial charge in [0, 0.05) is 12.6 Å². The Morgan fingerprint density at radius 3 is 2.40 bits per heavy atom. The lowest BCUT2D eigenvalue weighted by molar-refractivity contribution is -0.127. The monoisotopic (exact) mass is 278 g/mol. The van der Waals surface area contributed by atoms with Gasteiger partial charge in [0.2, 0.25) is 0 Å². The van der Waals surface area contributed by atoms with E-state index in [1.807, 2.05) is 31.2 Å². The molecule has 0 saturated heterocycles. The highest BCUT2D eigenvalue weighted by molar-refractivity contribution is 5.80. The first-order valence-electron chi connectivity index (χ1n) is 7.36. The smallest absolute Gasteiger partial charge is 0.260 e. The van der Waals surface area contributed by atoms with Crippen molar-refractivity contribution in [1.29, 1.82) is 0 Å². The van der Waals surface area contributed by atoms with Crippen molar-refractivity contribution in [2.24, 2.45) is 0 Å². The molecular formula is C16H26N2O2. The first kappa shape index (κ1) is 16.5. The molecule has 0 spiro atoms. The fourth-order valence-corrected chi connectivity index (χ4v) is 1.89. The summed E-state index contributed by atoms with van der Waals surface area (Å²) in [4.78, 5) is 11.6. The molecule has 4 heteroatoms. The molecule has 1 rings (SSSR count). The second kappa shape index (κ2) is 8.59. The molecule has 4 nitrogen and oxygen atoms in total. The molecule has 112 valence electrons. The maximum atomic E-state index is 11.6. The molecule has 2 N–H and O–H groups in total. The molecule has 1 aromatic rings. The number of ether oxygens (including phenoxy) is 1. The van der Waals surface area contributed by atoms with E-state index in [0.29, 0.717) is 12.6 Å². The highest BCUT2D eigenvalue weighted by atomic mass is 16.5. The van der Waals surface area contributed by atoms with Gasteiger partial charge in [-0.05, 0) is 51.4 Å². The summed E-state index contributed by atoms with van der Waals surface area (Å²) in [6.07, 6.45) is 0.645.